The van der Waals surface area contributed by atoms with Crippen LogP contribution in [0, 0.1) is 5.92 Å². The maximum atomic E-state index is 12.5. The summed E-state index contributed by atoms with van der Waals surface area (Å²) in [5.74, 6) is -2.78. The smallest absolute Gasteiger partial charge is 0.404 e. The van der Waals surface area contributed by atoms with E-state index >= 15 is 0 Å². The fourth-order valence-corrected chi connectivity index (χ4v) is 1.45. The number of carboxylic acid groups (broad SMARTS) is 1. The van der Waals surface area contributed by atoms with Crippen molar-refractivity contribution in [2.75, 3.05) is 6.54 Å². The summed E-state index contributed by atoms with van der Waals surface area (Å²) in [5.41, 5.74) is 0. The molecule has 0 aliphatic heterocycles. The van der Waals surface area contributed by atoms with Crippen molar-refractivity contribution >= 4 is 6.09 Å². The predicted molar refractivity (Wildman–Crippen MR) is 38.3 cm³/mol. The van der Waals surface area contributed by atoms with Crippen LogP contribution in [-0.4, -0.2) is 23.7 Å². The monoisotopic (exact) mass is 179 g/mol. The van der Waals surface area contributed by atoms with E-state index in [1.807, 2.05) is 0 Å². The van der Waals surface area contributed by atoms with E-state index < -0.39 is 12.0 Å². The molecule has 1 fully saturated rings. The van der Waals surface area contributed by atoms with Crippen LogP contribution in [-0.2, 0) is 0 Å². The van der Waals surface area contributed by atoms with Gasteiger partial charge in [-0.1, -0.05) is 0 Å². The zero-order valence-electron chi connectivity index (χ0n) is 6.52. The number of hydrogen-bond acceptors (Lipinski definition) is 1. The van der Waals surface area contributed by atoms with Crippen LogP contribution < -0.4 is 5.32 Å². The second-order valence-electron chi connectivity index (χ2n) is 3.15. The summed E-state index contributed by atoms with van der Waals surface area (Å²) in [5, 5.41) is 10.3. The Morgan fingerprint density at radius 2 is 2.33 bits per heavy atom. The highest BCUT2D eigenvalue weighted by Crippen LogP contribution is 2.38. The molecule has 0 bridgehead atoms. The SMILES string of the molecule is O=C(O)NCC1CCC(F)(F)C1. The van der Waals surface area contributed by atoms with Crippen LogP contribution in [0.1, 0.15) is 19.3 Å². The van der Waals surface area contributed by atoms with Gasteiger partial charge in [-0.15, -0.1) is 0 Å². The molecule has 0 aromatic rings. The summed E-state index contributed by atoms with van der Waals surface area (Å²) >= 11 is 0. The second-order valence-corrected chi connectivity index (χ2v) is 3.15. The molecule has 2 N–H and O–H groups in total. The molecular formula is C7H11F2NO2. The topological polar surface area (TPSA) is 49.3 Å². The van der Waals surface area contributed by atoms with Crippen molar-refractivity contribution in [1.82, 2.24) is 5.32 Å². The van der Waals surface area contributed by atoms with Crippen LogP contribution in [0.2, 0.25) is 0 Å². The first-order chi connectivity index (χ1) is 5.49. The Bertz CT molecular complexity index is 184. The van der Waals surface area contributed by atoms with Crippen molar-refractivity contribution in [2.45, 2.75) is 25.2 Å². The lowest BCUT2D eigenvalue weighted by Crippen LogP contribution is -2.27. The third kappa shape index (κ3) is 2.64. The Morgan fingerprint density at radius 1 is 1.67 bits per heavy atom. The van der Waals surface area contributed by atoms with Crippen molar-refractivity contribution in [3.05, 3.63) is 0 Å². The molecule has 1 atom stereocenters. The average molecular weight is 179 g/mol. The molecule has 0 radical (unpaired) electrons. The highest BCUT2D eigenvalue weighted by Gasteiger charge is 2.39. The lowest BCUT2D eigenvalue weighted by Gasteiger charge is -2.09. The van der Waals surface area contributed by atoms with Crippen molar-refractivity contribution < 1.29 is 18.7 Å². The van der Waals surface area contributed by atoms with Gasteiger partial charge >= 0.3 is 6.09 Å². The molecule has 0 heterocycles. The van der Waals surface area contributed by atoms with Crippen molar-refractivity contribution in [3.8, 4) is 0 Å². The number of carbonyl (C=O) groups is 1. The zero-order valence-corrected chi connectivity index (χ0v) is 6.52. The molecule has 1 unspecified atom stereocenters. The lowest BCUT2D eigenvalue weighted by atomic mass is 10.1. The van der Waals surface area contributed by atoms with Gasteiger partial charge in [-0.25, -0.2) is 13.6 Å². The van der Waals surface area contributed by atoms with Gasteiger partial charge in [0.25, 0.3) is 0 Å². The van der Waals surface area contributed by atoms with E-state index in [-0.39, 0.29) is 25.3 Å². The van der Waals surface area contributed by atoms with Crippen LogP contribution in [0.5, 0.6) is 0 Å². The summed E-state index contributed by atoms with van der Waals surface area (Å²) in [4.78, 5) is 10.0. The third-order valence-corrected chi connectivity index (χ3v) is 2.05. The molecule has 0 aromatic carbocycles. The first-order valence-corrected chi connectivity index (χ1v) is 3.84. The van der Waals surface area contributed by atoms with E-state index in [0.29, 0.717) is 6.42 Å². The number of hydrogen-bond donors (Lipinski definition) is 2. The molecule has 70 valence electrons. The highest BCUT2D eigenvalue weighted by atomic mass is 19.3. The molecule has 5 heteroatoms. The fraction of sp³-hybridized carbons (Fsp3) is 0.857. The summed E-state index contributed by atoms with van der Waals surface area (Å²) in [6.45, 7) is 0.144. The van der Waals surface area contributed by atoms with Gasteiger partial charge in [-0.2, -0.15) is 0 Å². The van der Waals surface area contributed by atoms with Crippen LogP contribution in [0.4, 0.5) is 13.6 Å². The van der Waals surface area contributed by atoms with Gasteiger partial charge in [0, 0.05) is 19.4 Å². The molecule has 0 spiro atoms. The van der Waals surface area contributed by atoms with Gasteiger partial charge in [0.05, 0.1) is 0 Å². The Kier molecular flexibility index (Phi) is 2.49. The van der Waals surface area contributed by atoms with Gasteiger partial charge in [0.15, 0.2) is 0 Å². The zero-order chi connectivity index (χ0) is 9.19. The molecule has 1 amide bonds. The summed E-state index contributed by atoms with van der Waals surface area (Å²) in [6.07, 6.45) is -1.04. The first-order valence-electron chi connectivity index (χ1n) is 3.84. The van der Waals surface area contributed by atoms with E-state index in [1.165, 1.54) is 0 Å². The summed E-state index contributed by atoms with van der Waals surface area (Å²) in [7, 11) is 0. The number of amides is 1. The first kappa shape index (κ1) is 9.22. The van der Waals surface area contributed by atoms with Crippen LogP contribution in [0.15, 0.2) is 0 Å². The minimum Gasteiger partial charge on any atom is -0.465 e. The number of nitrogens with one attached hydrogen (secondary N) is 1. The molecule has 12 heavy (non-hydrogen) atoms. The maximum absolute atomic E-state index is 12.5. The van der Waals surface area contributed by atoms with Gasteiger partial charge in [0.1, 0.15) is 0 Å². The number of rotatable bonds is 2. The fourth-order valence-electron chi connectivity index (χ4n) is 1.45. The van der Waals surface area contributed by atoms with E-state index in [0.717, 1.165) is 0 Å². The van der Waals surface area contributed by atoms with Gasteiger partial charge < -0.3 is 10.4 Å². The molecule has 0 aromatic heterocycles. The quantitative estimate of drug-likeness (QED) is 0.677. The Labute approximate surface area is 68.8 Å². The predicted octanol–water partition coefficient (Wildman–Crippen LogP) is 1.69. The Balaban J connectivity index is 2.24. The Hall–Kier alpha value is -0.870. The average Bonchev–Trinajstić information content (AvgIpc) is 2.26. The lowest BCUT2D eigenvalue weighted by molar-refractivity contribution is 0.00507. The van der Waals surface area contributed by atoms with Crippen LogP contribution in [0.25, 0.3) is 0 Å². The molecule has 1 rings (SSSR count). The normalized spacial score (nSPS) is 27.0. The standard InChI is InChI=1S/C7H11F2NO2/c8-7(9)2-1-5(3-7)4-10-6(11)12/h5,10H,1-4H2,(H,11,12). The molecular weight excluding hydrogens is 168 g/mol. The molecule has 0 saturated heterocycles. The van der Waals surface area contributed by atoms with Gasteiger partial charge in [-0.05, 0) is 12.3 Å². The van der Waals surface area contributed by atoms with Gasteiger partial charge in [0.2, 0.25) is 5.92 Å². The summed E-state index contributed by atoms with van der Waals surface area (Å²) in [6, 6.07) is 0. The molecule has 1 aliphatic rings. The number of alkyl halides is 2. The van der Waals surface area contributed by atoms with Crippen molar-refractivity contribution in [1.29, 1.82) is 0 Å². The van der Waals surface area contributed by atoms with Crippen molar-refractivity contribution in [3.63, 3.8) is 0 Å². The largest absolute Gasteiger partial charge is 0.465 e. The second kappa shape index (κ2) is 3.25. The van der Waals surface area contributed by atoms with E-state index in [4.69, 9.17) is 5.11 Å². The van der Waals surface area contributed by atoms with Crippen LogP contribution >= 0.6 is 0 Å². The Morgan fingerprint density at radius 3 is 2.75 bits per heavy atom. The molecule has 3 nitrogen and oxygen atoms in total. The van der Waals surface area contributed by atoms with Crippen molar-refractivity contribution in [2.24, 2.45) is 5.92 Å². The highest BCUT2D eigenvalue weighted by molar-refractivity contribution is 5.64. The summed E-state index contributed by atoms with van der Waals surface area (Å²) < 4.78 is 25.1. The van der Waals surface area contributed by atoms with Gasteiger partial charge in [-0.3, -0.25) is 0 Å². The van der Waals surface area contributed by atoms with Crippen LogP contribution in [0.3, 0.4) is 0 Å². The van der Waals surface area contributed by atoms with E-state index in [1.54, 1.807) is 0 Å². The minimum absolute atomic E-state index is 0.112. The molecule has 1 aliphatic carbocycles. The minimum atomic E-state index is -2.58. The van der Waals surface area contributed by atoms with E-state index in [2.05, 4.69) is 5.32 Å². The number of halogens is 2. The third-order valence-electron chi connectivity index (χ3n) is 2.05. The van der Waals surface area contributed by atoms with E-state index in [9.17, 15) is 13.6 Å². The molecule has 1 saturated carbocycles. The maximum Gasteiger partial charge on any atom is 0.404 e.